The summed E-state index contributed by atoms with van der Waals surface area (Å²) in [6, 6.07) is 9.61. The van der Waals surface area contributed by atoms with Crippen LogP contribution in [-0.2, 0) is 15.7 Å². The Morgan fingerprint density at radius 3 is 2.67 bits per heavy atom. The number of hydrogen-bond donors (Lipinski definition) is 2. The third-order valence-electron chi connectivity index (χ3n) is 2.43. The second kappa shape index (κ2) is 7.90. The van der Waals surface area contributed by atoms with Crippen LogP contribution in [0.1, 0.15) is 18.9 Å². The minimum atomic E-state index is -2.82. The van der Waals surface area contributed by atoms with Crippen LogP contribution in [0.5, 0.6) is 0 Å². The molecule has 6 heteroatoms. The van der Waals surface area contributed by atoms with Crippen molar-refractivity contribution in [2.45, 2.75) is 25.5 Å². The van der Waals surface area contributed by atoms with Gasteiger partial charge in [-0.2, -0.15) is 0 Å². The number of amides is 1. The van der Waals surface area contributed by atoms with Crippen molar-refractivity contribution in [3.05, 3.63) is 35.9 Å². The molecule has 2 N–H and O–H groups in total. The molecule has 2 atom stereocenters. The zero-order valence-corrected chi connectivity index (χ0v) is 11.3. The quantitative estimate of drug-likeness (QED) is 0.777. The molecule has 0 spiro atoms. The van der Waals surface area contributed by atoms with E-state index in [0.29, 0.717) is 12.8 Å². The van der Waals surface area contributed by atoms with Crippen molar-refractivity contribution in [1.29, 1.82) is 0 Å². The summed E-state index contributed by atoms with van der Waals surface area (Å²) in [7, 11) is -2.82. The van der Waals surface area contributed by atoms with E-state index in [2.05, 4.69) is 5.32 Å². The van der Waals surface area contributed by atoms with Crippen molar-refractivity contribution in [2.75, 3.05) is 6.61 Å². The van der Waals surface area contributed by atoms with Crippen LogP contribution >= 0.6 is 8.03 Å². The largest absolute Gasteiger partial charge is 0.450 e. The van der Waals surface area contributed by atoms with E-state index >= 15 is 0 Å². The molecular formula is C12H18NO4P. The highest BCUT2D eigenvalue weighted by atomic mass is 31.1. The number of carbonyl (C=O) groups excluding carboxylic acids is 1. The summed E-state index contributed by atoms with van der Waals surface area (Å²) in [5, 5.41) is 2.41. The lowest BCUT2D eigenvalue weighted by Gasteiger charge is -2.15. The summed E-state index contributed by atoms with van der Waals surface area (Å²) in [5.41, 5.74) is 1.07. The van der Waals surface area contributed by atoms with Crippen molar-refractivity contribution in [2.24, 2.45) is 0 Å². The first kappa shape index (κ1) is 14.7. The Labute approximate surface area is 107 Å². The number of nitrogens with one attached hydrogen (secondary N) is 1. The van der Waals surface area contributed by atoms with Gasteiger partial charge in [0.25, 0.3) is 0 Å². The van der Waals surface area contributed by atoms with E-state index in [1.807, 2.05) is 30.3 Å². The number of ether oxygens (including phenoxy) is 1. The molecule has 0 bridgehead atoms. The second-order valence-corrected chi connectivity index (χ2v) is 5.15. The van der Waals surface area contributed by atoms with Gasteiger partial charge in [0, 0.05) is 0 Å². The topological polar surface area (TPSA) is 75.6 Å². The number of carbonyl (C=O) groups is 1. The molecule has 0 fully saturated rings. The zero-order chi connectivity index (χ0) is 13.4. The third kappa shape index (κ3) is 5.34. The molecule has 0 aliphatic rings. The second-order valence-electron chi connectivity index (χ2n) is 3.78. The molecule has 0 aromatic heterocycles. The fourth-order valence-electron chi connectivity index (χ4n) is 1.53. The van der Waals surface area contributed by atoms with Crippen LogP contribution in [0, 0.1) is 0 Å². The molecule has 1 amide bonds. The Hall–Kier alpha value is -1.32. The number of hydrogen-bond acceptors (Lipinski definition) is 3. The number of benzene rings is 1. The maximum absolute atomic E-state index is 11.2. The van der Waals surface area contributed by atoms with Crippen LogP contribution in [0.2, 0.25) is 0 Å². The molecule has 1 rings (SSSR count). The normalized spacial score (nSPS) is 13.7. The molecule has 2 unspecified atom stereocenters. The number of rotatable bonds is 6. The van der Waals surface area contributed by atoms with Crippen LogP contribution in [0.25, 0.3) is 0 Å². The highest BCUT2D eigenvalue weighted by molar-refractivity contribution is 7.38. The molecule has 1 aromatic carbocycles. The van der Waals surface area contributed by atoms with Gasteiger partial charge < -0.3 is 14.9 Å². The predicted octanol–water partition coefficient (Wildman–Crippen LogP) is 2.16. The van der Waals surface area contributed by atoms with Gasteiger partial charge in [-0.25, -0.2) is 4.79 Å². The number of aryl methyl sites for hydroxylation is 1. The molecule has 0 saturated heterocycles. The first-order chi connectivity index (χ1) is 8.63. The van der Waals surface area contributed by atoms with Crippen LogP contribution < -0.4 is 5.32 Å². The molecule has 1 aromatic rings. The molecule has 18 heavy (non-hydrogen) atoms. The van der Waals surface area contributed by atoms with Gasteiger partial charge in [-0.1, -0.05) is 30.3 Å². The summed E-state index contributed by atoms with van der Waals surface area (Å²) in [5.74, 6) is -0.741. The van der Waals surface area contributed by atoms with Gasteiger partial charge in [0.1, 0.15) is 5.78 Å². The van der Waals surface area contributed by atoms with Gasteiger partial charge in [-0.3, -0.25) is 4.57 Å². The molecule has 0 aliphatic heterocycles. The first-order valence-electron chi connectivity index (χ1n) is 5.83. The van der Waals surface area contributed by atoms with E-state index in [4.69, 9.17) is 4.74 Å². The Balaban J connectivity index is 2.48. The van der Waals surface area contributed by atoms with Crippen molar-refractivity contribution in [3.8, 4) is 0 Å². The van der Waals surface area contributed by atoms with Gasteiger partial charge in [-0.05, 0) is 25.3 Å². The van der Waals surface area contributed by atoms with E-state index in [-0.39, 0.29) is 6.61 Å². The number of alkyl carbamates (subject to hydrolysis) is 1. The van der Waals surface area contributed by atoms with E-state index in [1.165, 1.54) is 0 Å². The monoisotopic (exact) mass is 271 g/mol. The summed E-state index contributed by atoms with van der Waals surface area (Å²) in [6.07, 6.45) is 0.398. The summed E-state index contributed by atoms with van der Waals surface area (Å²) in [6.45, 7) is 1.92. The van der Waals surface area contributed by atoms with Crippen LogP contribution in [-0.4, -0.2) is 23.4 Å². The lowest BCUT2D eigenvalue weighted by molar-refractivity contribution is 0.150. The predicted molar refractivity (Wildman–Crippen MR) is 69.9 cm³/mol. The summed E-state index contributed by atoms with van der Waals surface area (Å²) < 4.78 is 15.9. The first-order valence-corrected chi connectivity index (χ1v) is 7.26. The van der Waals surface area contributed by atoms with Crippen molar-refractivity contribution in [3.63, 3.8) is 0 Å². The summed E-state index contributed by atoms with van der Waals surface area (Å²) >= 11 is 0. The van der Waals surface area contributed by atoms with Crippen LogP contribution in [0.15, 0.2) is 30.3 Å². The minimum Gasteiger partial charge on any atom is -0.450 e. The standard InChI is InChI=1S/C12H18NO4P/c1-2-17-12(14)13-11(18(15)16)9-8-10-6-4-3-5-7-10/h3-7,11,18H,2,8-9H2,1H3,(H,13,14)(H,15,16). The zero-order valence-electron chi connectivity index (χ0n) is 10.3. The Morgan fingerprint density at radius 2 is 2.11 bits per heavy atom. The molecule has 0 radical (unpaired) electrons. The van der Waals surface area contributed by atoms with Gasteiger partial charge in [0.2, 0.25) is 8.03 Å². The Bertz CT molecular complexity index is 396. The third-order valence-corrected chi connectivity index (χ3v) is 3.46. The molecule has 0 saturated carbocycles. The maximum Gasteiger partial charge on any atom is 0.407 e. The Kier molecular flexibility index (Phi) is 6.47. The highest BCUT2D eigenvalue weighted by Gasteiger charge is 2.17. The van der Waals surface area contributed by atoms with E-state index in [0.717, 1.165) is 5.56 Å². The van der Waals surface area contributed by atoms with Crippen LogP contribution in [0.4, 0.5) is 4.79 Å². The molecule has 0 heterocycles. The SMILES string of the molecule is CCOC(=O)NC(CCc1ccccc1)[PH](=O)O. The fourth-order valence-corrected chi connectivity index (χ4v) is 2.16. The van der Waals surface area contributed by atoms with E-state index in [9.17, 15) is 14.3 Å². The van der Waals surface area contributed by atoms with Gasteiger partial charge in [0.05, 0.1) is 6.61 Å². The highest BCUT2D eigenvalue weighted by Crippen LogP contribution is 2.24. The maximum atomic E-state index is 11.2. The van der Waals surface area contributed by atoms with Crippen molar-refractivity contribution in [1.82, 2.24) is 5.32 Å². The molecule has 100 valence electrons. The van der Waals surface area contributed by atoms with E-state index < -0.39 is 19.9 Å². The molecule has 0 aliphatic carbocycles. The minimum absolute atomic E-state index is 0.240. The van der Waals surface area contributed by atoms with Gasteiger partial charge in [0.15, 0.2) is 0 Å². The fraction of sp³-hybridized carbons (Fsp3) is 0.417. The average molecular weight is 271 g/mol. The van der Waals surface area contributed by atoms with Gasteiger partial charge in [-0.15, -0.1) is 0 Å². The summed E-state index contributed by atoms with van der Waals surface area (Å²) in [4.78, 5) is 20.4. The Morgan fingerprint density at radius 1 is 1.44 bits per heavy atom. The lowest BCUT2D eigenvalue weighted by Crippen LogP contribution is -2.33. The van der Waals surface area contributed by atoms with Crippen LogP contribution in [0.3, 0.4) is 0 Å². The lowest BCUT2D eigenvalue weighted by atomic mass is 10.1. The average Bonchev–Trinajstić information content (AvgIpc) is 2.35. The van der Waals surface area contributed by atoms with Crippen molar-refractivity contribution < 1.29 is 19.0 Å². The van der Waals surface area contributed by atoms with E-state index in [1.54, 1.807) is 6.92 Å². The molecular weight excluding hydrogens is 253 g/mol. The van der Waals surface area contributed by atoms with Gasteiger partial charge >= 0.3 is 6.09 Å². The smallest absolute Gasteiger partial charge is 0.407 e. The molecule has 5 nitrogen and oxygen atoms in total. The van der Waals surface area contributed by atoms with Crippen molar-refractivity contribution >= 4 is 14.1 Å².